The smallest absolute Gasteiger partial charge is 0.369 e. The summed E-state index contributed by atoms with van der Waals surface area (Å²) >= 11 is 0. The predicted octanol–water partition coefficient (Wildman–Crippen LogP) is 6.94. The minimum Gasteiger partial charge on any atom is -0.369 e. The Morgan fingerprint density at radius 2 is 1.52 bits per heavy atom. The molecular formula is C46H49F6N17O2. The number of carbonyl (C=O) groups excluding carboxylic acids is 2. The van der Waals surface area contributed by atoms with Gasteiger partial charge >= 0.3 is 12.4 Å². The number of aryl methyl sites for hydroxylation is 4. The Kier molecular flexibility index (Phi) is 13.9. The highest BCUT2D eigenvalue weighted by atomic mass is 19.4. The molecule has 1 saturated heterocycles. The van der Waals surface area contributed by atoms with Crippen LogP contribution < -0.4 is 31.4 Å². The van der Waals surface area contributed by atoms with Crippen LogP contribution in [-0.2, 0) is 32.4 Å². The van der Waals surface area contributed by atoms with E-state index in [2.05, 4.69) is 46.0 Å². The molecule has 1 atom stereocenters. The summed E-state index contributed by atoms with van der Waals surface area (Å²) in [6, 6.07) is 7.53. The summed E-state index contributed by atoms with van der Waals surface area (Å²) in [6.07, 6.45) is -2.18. The third-order valence-electron chi connectivity index (χ3n) is 12.4. The summed E-state index contributed by atoms with van der Waals surface area (Å²) in [4.78, 5) is 43.3. The molecular weight excluding hydrogens is 937 g/mol. The number of nitrogens with zero attached hydrogens (tertiary/aromatic N) is 13. The Morgan fingerprint density at radius 3 is 2.23 bits per heavy atom. The topological polar surface area (TPSA) is 220 Å². The van der Waals surface area contributed by atoms with Crippen LogP contribution in [0.5, 0.6) is 0 Å². The van der Waals surface area contributed by atoms with E-state index in [1.54, 1.807) is 40.5 Å². The van der Waals surface area contributed by atoms with Crippen molar-refractivity contribution in [1.29, 1.82) is 5.41 Å². The first-order valence-corrected chi connectivity index (χ1v) is 22.2. The molecule has 6 aromatic rings. The molecule has 0 spiro atoms. The highest BCUT2D eigenvalue weighted by molar-refractivity contribution is 6.05. The number of hydrogen-bond donors (Lipinski definition) is 4. The van der Waals surface area contributed by atoms with Crippen molar-refractivity contribution in [3.8, 4) is 0 Å². The number of likely N-dealkylation sites (N-methyl/N-ethyl adjacent to an activating group) is 1. The van der Waals surface area contributed by atoms with Crippen LogP contribution in [0.3, 0.4) is 0 Å². The predicted molar refractivity (Wildman–Crippen MR) is 251 cm³/mol. The second-order valence-corrected chi connectivity index (χ2v) is 17.2. The van der Waals surface area contributed by atoms with Crippen molar-refractivity contribution in [2.75, 3.05) is 71.9 Å². The number of piperazine rings is 1. The first-order valence-electron chi connectivity index (χ1n) is 22.2. The largest absolute Gasteiger partial charge is 0.416 e. The van der Waals surface area contributed by atoms with Crippen molar-refractivity contribution in [1.82, 2.24) is 39.4 Å². The Bertz CT molecular complexity index is 3010. The van der Waals surface area contributed by atoms with E-state index >= 15 is 0 Å². The molecule has 2 aliphatic heterocycles. The molecule has 1 aromatic carbocycles. The Morgan fingerprint density at radius 1 is 0.817 bits per heavy atom. The van der Waals surface area contributed by atoms with Gasteiger partial charge in [-0.05, 0) is 70.3 Å². The van der Waals surface area contributed by atoms with Crippen LogP contribution in [0.25, 0.3) is 0 Å². The number of rotatable bonds is 14. The molecule has 0 radical (unpaired) electrons. The van der Waals surface area contributed by atoms with E-state index in [1.165, 1.54) is 35.7 Å². The fourth-order valence-electron chi connectivity index (χ4n) is 8.16. The number of hydrogen-bond acceptors (Lipinski definition) is 15. The molecule has 372 valence electrons. The maximum atomic E-state index is 14.2. The molecule has 1 fully saturated rings. The van der Waals surface area contributed by atoms with Crippen LogP contribution in [0.1, 0.15) is 71.9 Å². The molecule has 71 heavy (non-hydrogen) atoms. The van der Waals surface area contributed by atoms with E-state index in [1.807, 2.05) is 25.9 Å². The molecule has 5 N–H and O–H groups in total. The number of aromatic nitrogens is 7. The monoisotopic (exact) mass is 985 g/mol. The van der Waals surface area contributed by atoms with Gasteiger partial charge in [-0.1, -0.05) is 5.22 Å². The van der Waals surface area contributed by atoms with E-state index in [4.69, 9.17) is 16.2 Å². The number of halogens is 6. The minimum atomic E-state index is -4.69. The summed E-state index contributed by atoms with van der Waals surface area (Å²) < 4.78 is 85.7. The normalized spacial score (nSPS) is 15.4. The standard InChI is InChI=1S/C46H49F6N17O2/c1-26-41(18-32(20-56-26)61-44(71)39-17-30(6-8-55-39)45(47,48)49)67(54)24-37(53)35-22-59-68(28(35)3)9-7-38-42(69-25-40(62-63-69)36-23-58-65(5)27(36)2)19-33(21-57-38)60-43(70)29-14-31(46(50,51)52)16-34(15-29)66-12-10-64(4)11-13-66/h6,8,14-23,40,53H,7,9-13,24-25,54H2,1-5H3,(H,60,70)(H,61,71). The molecule has 8 rings (SSSR count). The zero-order chi connectivity index (χ0) is 50.9. The van der Waals surface area contributed by atoms with Crippen molar-refractivity contribution < 1.29 is 35.9 Å². The quantitative estimate of drug-likeness (QED) is 0.0378. The summed E-state index contributed by atoms with van der Waals surface area (Å²) in [7, 11) is 3.76. The number of nitrogens with one attached hydrogen (secondary N) is 3. The first-order chi connectivity index (χ1) is 33.6. The Balaban J connectivity index is 0.986. The van der Waals surface area contributed by atoms with Gasteiger partial charge in [0.05, 0.1) is 88.9 Å². The lowest BCUT2D eigenvalue weighted by Gasteiger charge is -2.34. The van der Waals surface area contributed by atoms with Gasteiger partial charge in [0.15, 0.2) is 0 Å². The van der Waals surface area contributed by atoms with Gasteiger partial charge in [-0.15, -0.1) is 0 Å². The van der Waals surface area contributed by atoms with E-state index < -0.39 is 41.0 Å². The van der Waals surface area contributed by atoms with Crippen LogP contribution in [0, 0.1) is 26.2 Å². The zero-order valence-corrected chi connectivity index (χ0v) is 39.1. The number of nitrogens with two attached hydrogens (primary N) is 1. The number of hydrazine groups is 1. The second kappa shape index (κ2) is 19.9. The molecule has 5 aromatic heterocycles. The van der Waals surface area contributed by atoms with Crippen molar-refractivity contribution >= 4 is 46.0 Å². The van der Waals surface area contributed by atoms with Crippen LogP contribution in [0.2, 0.25) is 0 Å². The van der Waals surface area contributed by atoms with Gasteiger partial charge in [-0.2, -0.15) is 41.7 Å². The van der Waals surface area contributed by atoms with Gasteiger partial charge in [0.1, 0.15) is 11.7 Å². The van der Waals surface area contributed by atoms with Crippen molar-refractivity contribution in [2.45, 2.75) is 52.1 Å². The summed E-state index contributed by atoms with van der Waals surface area (Å²) in [5.41, 5.74) is 2.84. The number of carbonyl (C=O) groups is 2. The Labute approximate surface area is 402 Å². The van der Waals surface area contributed by atoms with E-state index in [0.29, 0.717) is 78.5 Å². The summed E-state index contributed by atoms with van der Waals surface area (Å²) in [5, 5.41) is 35.0. The van der Waals surface area contributed by atoms with Gasteiger partial charge in [-0.25, -0.2) is 10.9 Å². The van der Waals surface area contributed by atoms with Crippen molar-refractivity contribution in [3.05, 3.63) is 130 Å². The van der Waals surface area contributed by atoms with Gasteiger partial charge in [0, 0.05) is 86.2 Å². The maximum Gasteiger partial charge on any atom is 0.416 e. The maximum absolute atomic E-state index is 14.2. The molecule has 0 saturated carbocycles. The third kappa shape index (κ3) is 11.1. The van der Waals surface area contributed by atoms with Gasteiger partial charge in [0.25, 0.3) is 11.8 Å². The number of anilines is 5. The SMILES string of the molecule is Cc1ncc(NC(=O)c2cc(C(F)(F)F)ccn2)cc1N(N)CC(=N)c1cnn(CCc2ncc(NC(=O)c3cc(N4CCN(C)CC4)cc(C(F)(F)F)c3)cc2N2CC(c3cnn(C)c3C)N=N2)c1C. The number of alkyl halides is 6. The third-order valence-corrected chi connectivity index (χ3v) is 12.4. The van der Waals surface area contributed by atoms with Crippen molar-refractivity contribution in [3.63, 3.8) is 0 Å². The van der Waals surface area contributed by atoms with Crippen LogP contribution in [0.4, 0.5) is 54.8 Å². The molecule has 0 bridgehead atoms. The highest BCUT2D eigenvalue weighted by Gasteiger charge is 2.34. The molecule has 2 aliphatic rings. The summed E-state index contributed by atoms with van der Waals surface area (Å²) in [5.74, 6) is 4.80. The lowest BCUT2D eigenvalue weighted by molar-refractivity contribution is -0.138. The average Bonchev–Trinajstić information content (AvgIpc) is 4.06. The molecule has 1 unspecified atom stereocenters. The van der Waals surface area contributed by atoms with Crippen molar-refractivity contribution in [2.24, 2.45) is 23.2 Å². The molecule has 2 amide bonds. The highest BCUT2D eigenvalue weighted by Crippen LogP contribution is 2.36. The average molecular weight is 986 g/mol. The van der Waals surface area contributed by atoms with Crippen LogP contribution in [-0.4, -0.2) is 103 Å². The molecule has 7 heterocycles. The van der Waals surface area contributed by atoms with Gasteiger partial charge in [0.2, 0.25) is 0 Å². The lowest BCUT2D eigenvalue weighted by atomic mass is 10.1. The van der Waals surface area contributed by atoms with E-state index in [0.717, 1.165) is 35.7 Å². The van der Waals surface area contributed by atoms with Crippen LogP contribution in [0.15, 0.2) is 83.8 Å². The lowest BCUT2D eigenvalue weighted by Crippen LogP contribution is -2.44. The second-order valence-electron chi connectivity index (χ2n) is 17.2. The number of amides is 2. The van der Waals surface area contributed by atoms with Gasteiger partial charge in [-0.3, -0.25) is 33.9 Å². The van der Waals surface area contributed by atoms with Crippen LogP contribution >= 0.6 is 0 Å². The fourth-order valence-corrected chi connectivity index (χ4v) is 8.16. The minimum absolute atomic E-state index is 0.0859. The number of benzene rings is 1. The first kappa shape index (κ1) is 49.6. The number of pyridine rings is 3. The molecule has 19 nitrogen and oxygen atoms in total. The molecule has 25 heteroatoms. The molecule has 0 aliphatic carbocycles. The zero-order valence-electron chi connectivity index (χ0n) is 39.1. The fraction of sp³-hybridized carbons (Fsp3) is 0.348. The van der Waals surface area contributed by atoms with E-state index in [-0.39, 0.29) is 48.2 Å². The summed E-state index contributed by atoms with van der Waals surface area (Å²) in [6.45, 7) is 8.13. The van der Waals surface area contributed by atoms with Gasteiger partial charge < -0.3 is 30.9 Å². The Hall–Kier alpha value is -7.80. The van der Waals surface area contributed by atoms with E-state index in [9.17, 15) is 35.9 Å².